The standard InChI is InChI=1S/C18H18Cl2N2O4/c1-2-12-3-6-14(7-4-12)25-10-17(23)21-22-18(24)11-26-16-9-13(19)5-8-15(16)20/h3-9H,2,10-11H2,1H3,(H,21,23)(H,22,24). The van der Waals surface area contributed by atoms with Crippen LogP contribution in [-0.2, 0) is 16.0 Å². The summed E-state index contributed by atoms with van der Waals surface area (Å²) in [6.45, 7) is 1.49. The van der Waals surface area contributed by atoms with Crippen molar-refractivity contribution in [1.29, 1.82) is 0 Å². The van der Waals surface area contributed by atoms with E-state index >= 15 is 0 Å². The fraction of sp³-hybridized carbons (Fsp3) is 0.222. The number of hydrogen-bond acceptors (Lipinski definition) is 4. The van der Waals surface area contributed by atoms with E-state index < -0.39 is 11.8 Å². The van der Waals surface area contributed by atoms with Gasteiger partial charge in [0.25, 0.3) is 11.8 Å². The molecule has 2 aromatic rings. The molecule has 2 rings (SSSR count). The zero-order valence-electron chi connectivity index (χ0n) is 14.1. The summed E-state index contributed by atoms with van der Waals surface area (Å²) in [5, 5.41) is 0.760. The SMILES string of the molecule is CCc1ccc(OCC(=O)NNC(=O)COc2cc(Cl)ccc2Cl)cc1. The Morgan fingerprint density at radius 3 is 2.15 bits per heavy atom. The van der Waals surface area contributed by atoms with Crippen molar-refractivity contribution in [3.05, 3.63) is 58.1 Å². The highest BCUT2D eigenvalue weighted by Crippen LogP contribution is 2.27. The predicted molar refractivity (Wildman–Crippen MR) is 99.6 cm³/mol. The average Bonchev–Trinajstić information content (AvgIpc) is 2.65. The first-order valence-corrected chi connectivity index (χ1v) is 8.60. The molecule has 138 valence electrons. The molecule has 0 heterocycles. The van der Waals surface area contributed by atoms with Crippen molar-refractivity contribution in [3.63, 3.8) is 0 Å². The second-order valence-corrected chi connectivity index (χ2v) is 6.09. The second-order valence-electron chi connectivity index (χ2n) is 5.25. The highest BCUT2D eigenvalue weighted by Gasteiger charge is 2.08. The predicted octanol–water partition coefficient (Wildman–Crippen LogP) is 3.16. The van der Waals surface area contributed by atoms with E-state index in [-0.39, 0.29) is 19.0 Å². The number of nitrogens with one attached hydrogen (secondary N) is 2. The summed E-state index contributed by atoms with van der Waals surface area (Å²) in [5.74, 6) is -0.206. The van der Waals surface area contributed by atoms with Crippen LogP contribution in [0.5, 0.6) is 11.5 Å². The molecule has 0 fully saturated rings. The fourth-order valence-corrected chi connectivity index (χ4v) is 2.25. The summed E-state index contributed by atoms with van der Waals surface area (Å²) < 4.78 is 10.6. The molecule has 26 heavy (non-hydrogen) atoms. The van der Waals surface area contributed by atoms with Gasteiger partial charge < -0.3 is 9.47 Å². The number of halogens is 2. The van der Waals surface area contributed by atoms with Gasteiger partial charge in [-0.1, -0.05) is 42.3 Å². The van der Waals surface area contributed by atoms with E-state index in [1.807, 2.05) is 12.1 Å². The van der Waals surface area contributed by atoms with Crippen molar-refractivity contribution >= 4 is 35.0 Å². The highest BCUT2D eigenvalue weighted by molar-refractivity contribution is 6.34. The van der Waals surface area contributed by atoms with Crippen molar-refractivity contribution in [2.45, 2.75) is 13.3 Å². The molecule has 0 saturated heterocycles. The van der Waals surface area contributed by atoms with Gasteiger partial charge in [-0.3, -0.25) is 20.4 Å². The lowest BCUT2D eigenvalue weighted by molar-refractivity contribution is -0.131. The number of benzene rings is 2. The third-order valence-electron chi connectivity index (χ3n) is 3.29. The Hall–Kier alpha value is -2.44. The maximum atomic E-state index is 11.7. The molecular formula is C18H18Cl2N2O4. The lowest BCUT2D eigenvalue weighted by Gasteiger charge is -2.10. The minimum absolute atomic E-state index is 0.229. The van der Waals surface area contributed by atoms with Crippen LogP contribution in [0, 0.1) is 0 Å². The molecule has 2 aromatic carbocycles. The first kappa shape index (κ1) is 19.9. The smallest absolute Gasteiger partial charge is 0.276 e. The van der Waals surface area contributed by atoms with E-state index in [4.69, 9.17) is 32.7 Å². The number of ether oxygens (including phenoxy) is 2. The largest absolute Gasteiger partial charge is 0.484 e. The van der Waals surface area contributed by atoms with Gasteiger partial charge in [-0.2, -0.15) is 0 Å². The highest BCUT2D eigenvalue weighted by atomic mass is 35.5. The molecule has 0 aliphatic carbocycles. The Morgan fingerprint density at radius 1 is 0.923 bits per heavy atom. The Bertz CT molecular complexity index is 766. The quantitative estimate of drug-likeness (QED) is 0.704. The molecule has 2 amide bonds. The topological polar surface area (TPSA) is 76.7 Å². The molecule has 2 N–H and O–H groups in total. The minimum Gasteiger partial charge on any atom is -0.484 e. The summed E-state index contributed by atoms with van der Waals surface area (Å²) in [4.78, 5) is 23.4. The van der Waals surface area contributed by atoms with Crippen LogP contribution in [0.4, 0.5) is 0 Å². The first-order chi connectivity index (χ1) is 12.5. The average molecular weight is 397 g/mol. The van der Waals surface area contributed by atoms with Gasteiger partial charge in [-0.05, 0) is 36.2 Å². The van der Waals surface area contributed by atoms with E-state index in [2.05, 4.69) is 17.8 Å². The van der Waals surface area contributed by atoms with Crippen LogP contribution < -0.4 is 20.3 Å². The zero-order chi connectivity index (χ0) is 18.9. The number of amides is 2. The van der Waals surface area contributed by atoms with E-state index in [1.54, 1.807) is 24.3 Å². The first-order valence-electron chi connectivity index (χ1n) is 7.85. The Morgan fingerprint density at radius 2 is 1.54 bits per heavy atom. The third kappa shape index (κ3) is 6.46. The van der Waals surface area contributed by atoms with E-state index in [1.165, 1.54) is 11.6 Å². The summed E-state index contributed by atoms with van der Waals surface area (Å²) in [6, 6.07) is 12.1. The van der Waals surface area contributed by atoms with Crippen LogP contribution >= 0.6 is 23.2 Å². The Balaban J connectivity index is 1.69. The summed E-state index contributed by atoms with van der Waals surface area (Å²) in [5.41, 5.74) is 5.63. The molecular weight excluding hydrogens is 379 g/mol. The van der Waals surface area contributed by atoms with Crippen LogP contribution in [0.2, 0.25) is 10.0 Å². The molecule has 0 saturated carbocycles. The Labute approximate surface area is 161 Å². The monoisotopic (exact) mass is 396 g/mol. The van der Waals surface area contributed by atoms with Gasteiger partial charge in [-0.25, -0.2) is 0 Å². The Kier molecular flexibility index (Phi) is 7.56. The van der Waals surface area contributed by atoms with Crippen LogP contribution in [0.1, 0.15) is 12.5 Å². The second kappa shape index (κ2) is 9.89. The molecule has 8 heteroatoms. The maximum Gasteiger partial charge on any atom is 0.276 e. The van der Waals surface area contributed by atoms with Crippen LogP contribution in [0.3, 0.4) is 0 Å². The number of rotatable bonds is 7. The third-order valence-corrected chi connectivity index (χ3v) is 3.84. The number of aryl methyl sites for hydroxylation is 1. The van der Waals surface area contributed by atoms with Gasteiger partial charge in [0.15, 0.2) is 13.2 Å². The lowest BCUT2D eigenvalue weighted by atomic mass is 10.2. The van der Waals surface area contributed by atoms with Gasteiger partial charge in [0.2, 0.25) is 0 Å². The van der Waals surface area contributed by atoms with Crippen LogP contribution in [0.15, 0.2) is 42.5 Å². The maximum absolute atomic E-state index is 11.7. The van der Waals surface area contributed by atoms with Gasteiger partial charge in [0.05, 0.1) is 5.02 Å². The number of hydrazine groups is 1. The van der Waals surface area contributed by atoms with Crippen molar-refractivity contribution in [2.75, 3.05) is 13.2 Å². The molecule has 0 spiro atoms. The molecule has 6 nitrogen and oxygen atoms in total. The van der Waals surface area contributed by atoms with Crippen molar-refractivity contribution in [2.24, 2.45) is 0 Å². The normalized spacial score (nSPS) is 10.1. The summed E-state index contributed by atoms with van der Waals surface area (Å²) in [6.07, 6.45) is 0.926. The van der Waals surface area contributed by atoms with Crippen LogP contribution in [-0.4, -0.2) is 25.0 Å². The molecule has 0 aromatic heterocycles. The van der Waals surface area contributed by atoms with Crippen molar-refractivity contribution < 1.29 is 19.1 Å². The zero-order valence-corrected chi connectivity index (χ0v) is 15.6. The lowest BCUT2D eigenvalue weighted by Crippen LogP contribution is -2.45. The molecule has 0 atom stereocenters. The molecule has 0 unspecified atom stereocenters. The summed E-state index contributed by atoms with van der Waals surface area (Å²) >= 11 is 11.8. The fourth-order valence-electron chi connectivity index (χ4n) is 1.91. The van der Waals surface area contributed by atoms with Gasteiger partial charge >= 0.3 is 0 Å². The van der Waals surface area contributed by atoms with E-state index in [0.717, 1.165) is 6.42 Å². The van der Waals surface area contributed by atoms with E-state index in [0.29, 0.717) is 15.8 Å². The van der Waals surface area contributed by atoms with E-state index in [9.17, 15) is 9.59 Å². The van der Waals surface area contributed by atoms with Gasteiger partial charge in [0.1, 0.15) is 11.5 Å². The number of hydrogen-bond donors (Lipinski definition) is 2. The molecule has 0 aliphatic rings. The molecule has 0 radical (unpaired) electrons. The minimum atomic E-state index is -0.554. The van der Waals surface area contributed by atoms with Gasteiger partial charge in [0, 0.05) is 11.1 Å². The van der Waals surface area contributed by atoms with Crippen LogP contribution in [0.25, 0.3) is 0 Å². The number of carbonyl (C=O) groups excluding carboxylic acids is 2. The van der Waals surface area contributed by atoms with Gasteiger partial charge in [-0.15, -0.1) is 0 Å². The molecule has 0 aliphatic heterocycles. The number of carbonyl (C=O) groups is 2. The molecule has 0 bridgehead atoms. The van der Waals surface area contributed by atoms with Crippen molar-refractivity contribution in [1.82, 2.24) is 10.9 Å². The van der Waals surface area contributed by atoms with Crippen molar-refractivity contribution in [3.8, 4) is 11.5 Å². The summed E-state index contributed by atoms with van der Waals surface area (Å²) in [7, 11) is 0.